The van der Waals surface area contributed by atoms with E-state index in [2.05, 4.69) is 41.1 Å². The maximum atomic E-state index is 5.52. The molecule has 0 aromatic heterocycles. The molecule has 0 saturated carbocycles. The van der Waals surface area contributed by atoms with Crippen LogP contribution >= 0.6 is 0 Å². The van der Waals surface area contributed by atoms with Crippen LogP contribution in [0.5, 0.6) is 5.75 Å². The van der Waals surface area contributed by atoms with Gasteiger partial charge in [-0.15, -0.1) is 0 Å². The van der Waals surface area contributed by atoms with Crippen LogP contribution in [0.2, 0.25) is 0 Å². The predicted molar refractivity (Wildman–Crippen MR) is 98.0 cm³/mol. The maximum Gasteiger partial charge on any atom is 0.119 e. The van der Waals surface area contributed by atoms with E-state index in [1.165, 1.54) is 5.69 Å². The third-order valence-electron chi connectivity index (χ3n) is 3.65. The standard InChI is InChI=1S/C19H25N3O2/c1-4-22(5-2)18-10-6-16(7-11-18)20-21-17-8-12-19(13-9-17)24-15-14-23-3/h6-13H,4-5,14-15H2,1-3H3. The Hall–Kier alpha value is -2.40. The SMILES string of the molecule is CCN(CC)c1ccc(N=Nc2ccc(OCCOC)cc2)cc1. The summed E-state index contributed by atoms with van der Waals surface area (Å²) >= 11 is 0. The molecule has 128 valence electrons. The van der Waals surface area contributed by atoms with Crippen LogP contribution in [0.25, 0.3) is 0 Å². The molecule has 0 atom stereocenters. The van der Waals surface area contributed by atoms with Gasteiger partial charge < -0.3 is 14.4 Å². The Labute approximate surface area is 143 Å². The van der Waals surface area contributed by atoms with Crippen molar-refractivity contribution in [2.75, 3.05) is 38.3 Å². The Morgan fingerprint density at radius 3 is 1.83 bits per heavy atom. The number of hydrogen-bond donors (Lipinski definition) is 0. The average Bonchev–Trinajstić information content (AvgIpc) is 2.63. The van der Waals surface area contributed by atoms with Crippen molar-refractivity contribution in [2.24, 2.45) is 10.2 Å². The molecule has 0 unspecified atom stereocenters. The van der Waals surface area contributed by atoms with Gasteiger partial charge >= 0.3 is 0 Å². The van der Waals surface area contributed by atoms with Gasteiger partial charge in [-0.2, -0.15) is 10.2 Å². The van der Waals surface area contributed by atoms with Gasteiger partial charge in [0.15, 0.2) is 0 Å². The summed E-state index contributed by atoms with van der Waals surface area (Å²) in [4.78, 5) is 2.29. The van der Waals surface area contributed by atoms with Gasteiger partial charge in [0.25, 0.3) is 0 Å². The monoisotopic (exact) mass is 327 g/mol. The first-order valence-electron chi connectivity index (χ1n) is 8.25. The van der Waals surface area contributed by atoms with Crippen molar-refractivity contribution in [1.82, 2.24) is 0 Å². The van der Waals surface area contributed by atoms with Gasteiger partial charge in [0.2, 0.25) is 0 Å². The topological polar surface area (TPSA) is 46.4 Å². The number of hydrogen-bond acceptors (Lipinski definition) is 5. The molecule has 0 saturated heterocycles. The molecule has 0 aliphatic heterocycles. The van der Waals surface area contributed by atoms with Gasteiger partial charge in [-0.25, -0.2) is 0 Å². The van der Waals surface area contributed by atoms with E-state index in [1.54, 1.807) is 7.11 Å². The average molecular weight is 327 g/mol. The van der Waals surface area contributed by atoms with Gasteiger partial charge in [0, 0.05) is 25.9 Å². The van der Waals surface area contributed by atoms with Crippen LogP contribution < -0.4 is 9.64 Å². The maximum absolute atomic E-state index is 5.52. The van der Waals surface area contributed by atoms with Crippen molar-refractivity contribution in [1.29, 1.82) is 0 Å². The molecule has 0 N–H and O–H groups in total. The molecule has 0 radical (unpaired) electrons. The first kappa shape index (κ1) is 17.9. The highest BCUT2D eigenvalue weighted by atomic mass is 16.5. The van der Waals surface area contributed by atoms with Crippen molar-refractivity contribution in [3.63, 3.8) is 0 Å². The van der Waals surface area contributed by atoms with E-state index in [9.17, 15) is 0 Å². The summed E-state index contributed by atoms with van der Waals surface area (Å²) in [5, 5.41) is 8.54. The third kappa shape index (κ3) is 5.35. The molecule has 0 heterocycles. The van der Waals surface area contributed by atoms with Crippen LogP contribution in [0.4, 0.5) is 17.1 Å². The van der Waals surface area contributed by atoms with Crippen LogP contribution in [0.3, 0.4) is 0 Å². The zero-order valence-electron chi connectivity index (χ0n) is 14.6. The summed E-state index contributed by atoms with van der Waals surface area (Å²) in [5.74, 6) is 0.801. The first-order valence-corrected chi connectivity index (χ1v) is 8.25. The van der Waals surface area contributed by atoms with Gasteiger partial charge in [-0.05, 0) is 62.4 Å². The van der Waals surface area contributed by atoms with Crippen LogP contribution in [0, 0.1) is 0 Å². The zero-order chi connectivity index (χ0) is 17.2. The quantitative estimate of drug-likeness (QED) is 0.482. The second-order valence-electron chi connectivity index (χ2n) is 5.22. The lowest BCUT2D eigenvalue weighted by Gasteiger charge is -2.20. The second-order valence-corrected chi connectivity index (χ2v) is 5.22. The second kappa shape index (κ2) is 9.67. The normalized spacial score (nSPS) is 11.0. The highest BCUT2D eigenvalue weighted by Gasteiger charge is 2.01. The van der Waals surface area contributed by atoms with Crippen molar-refractivity contribution in [2.45, 2.75) is 13.8 Å². The molecule has 5 heteroatoms. The smallest absolute Gasteiger partial charge is 0.119 e. The Balaban J connectivity index is 1.95. The minimum absolute atomic E-state index is 0.538. The number of azo groups is 1. The van der Waals surface area contributed by atoms with E-state index in [4.69, 9.17) is 9.47 Å². The van der Waals surface area contributed by atoms with Crippen LogP contribution in [0.1, 0.15) is 13.8 Å². The van der Waals surface area contributed by atoms with E-state index >= 15 is 0 Å². The number of methoxy groups -OCH3 is 1. The lowest BCUT2D eigenvalue weighted by molar-refractivity contribution is 0.146. The molecule has 0 spiro atoms. The molecule has 0 aliphatic carbocycles. The van der Waals surface area contributed by atoms with Crippen molar-refractivity contribution in [3.8, 4) is 5.75 Å². The zero-order valence-corrected chi connectivity index (χ0v) is 14.6. The Morgan fingerprint density at radius 1 is 0.792 bits per heavy atom. The Morgan fingerprint density at radius 2 is 1.33 bits per heavy atom. The molecule has 0 fully saturated rings. The van der Waals surface area contributed by atoms with Crippen molar-refractivity contribution >= 4 is 17.1 Å². The molecular weight excluding hydrogens is 302 g/mol. The Kier molecular flexibility index (Phi) is 7.23. The van der Waals surface area contributed by atoms with Crippen LogP contribution in [0.15, 0.2) is 58.8 Å². The molecule has 2 rings (SSSR count). The first-order chi connectivity index (χ1) is 11.8. The number of anilines is 1. The van der Waals surface area contributed by atoms with Crippen molar-refractivity contribution in [3.05, 3.63) is 48.5 Å². The fourth-order valence-corrected chi connectivity index (χ4v) is 2.29. The number of ether oxygens (including phenoxy) is 2. The van der Waals surface area contributed by atoms with Gasteiger partial charge in [-0.3, -0.25) is 0 Å². The summed E-state index contributed by atoms with van der Waals surface area (Å²) in [5.41, 5.74) is 2.84. The van der Waals surface area contributed by atoms with E-state index in [1.807, 2.05) is 36.4 Å². The van der Waals surface area contributed by atoms with Crippen molar-refractivity contribution < 1.29 is 9.47 Å². The van der Waals surface area contributed by atoms with Gasteiger partial charge in [-0.1, -0.05) is 0 Å². The van der Waals surface area contributed by atoms with E-state index in [-0.39, 0.29) is 0 Å². The predicted octanol–water partition coefficient (Wildman–Crippen LogP) is 4.97. The summed E-state index contributed by atoms with van der Waals surface area (Å²) in [7, 11) is 1.65. The number of benzene rings is 2. The minimum atomic E-state index is 0.538. The van der Waals surface area contributed by atoms with E-state index in [0.29, 0.717) is 13.2 Å². The highest BCUT2D eigenvalue weighted by molar-refractivity contribution is 5.52. The van der Waals surface area contributed by atoms with Gasteiger partial charge in [0.1, 0.15) is 12.4 Å². The third-order valence-corrected chi connectivity index (χ3v) is 3.65. The van der Waals surface area contributed by atoms with Crippen LogP contribution in [-0.2, 0) is 4.74 Å². The summed E-state index contributed by atoms with van der Waals surface area (Å²) < 4.78 is 10.5. The van der Waals surface area contributed by atoms with E-state index in [0.717, 1.165) is 30.2 Å². The molecule has 0 amide bonds. The number of rotatable bonds is 9. The largest absolute Gasteiger partial charge is 0.491 e. The molecule has 2 aromatic carbocycles. The van der Waals surface area contributed by atoms with Gasteiger partial charge in [0.05, 0.1) is 18.0 Å². The number of nitrogens with zero attached hydrogens (tertiary/aromatic N) is 3. The lowest BCUT2D eigenvalue weighted by Crippen LogP contribution is -2.21. The van der Waals surface area contributed by atoms with Crippen LogP contribution in [-0.4, -0.2) is 33.4 Å². The minimum Gasteiger partial charge on any atom is -0.491 e. The molecule has 5 nitrogen and oxygen atoms in total. The highest BCUT2D eigenvalue weighted by Crippen LogP contribution is 2.23. The lowest BCUT2D eigenvalue weighted by atomic mass is 10.2. The van der Waals surface area contributed by atoms with E-state index < -0.39 is 0 Å². The molecule has 2 aromatic rings. The fourth-order valence-electron chi connectivity index (χ4n) is 2.29. The molecule has 0 bridgehead atoms. The fraction of sp³-hybridized carbons (Fsp3) is 0.368. The Bertz CT molecular complexity index is 620. The molecule has 0 aliphatic rings. The summed E-state index contributed by atoms with van der Waals surface area (Å²) in [6, 6.07) is 15.7. The molecular formula is C19H25N3O2. The molecule has 24 heavy (non-hydrogen) atoms. The summed E-state index contributed by atoms with van der Waals surface area (Å²) in [6.07, 6.45) is 0. The summed E-state index contributed by atoms with van der Waals surface area (Å²) in [6.45, 7) is 7.41.